The average Bonchev–Trinajstić information content (AvgIpc) is 2.74. The average molecular weight is 443 g/mol. The second-order valence-electron chi connectivity index (χ2n) is 7.92. The van der Waals surface area contributed by atoms with Gasteiger partial charge in [-0.2, -0.15) is 13.2 Å². The standard InChI is InChI=1S/C22H33F3N4O2/c1-29(2)20(30)16-28-21(26-12-7-13-31-19-10-4-3-5-11-19)27-15-17-8-6-9-18(14-17)22(23,24)25/h6,8-9,14,19H,3-5,7,10-13,15-16H2,1-2H3,(H2,26,27,28). The lowest BCUT2D eigenvalue weighted by Crippen LogP contribution is -2.43. The topological polar surface area (TPSA) is 66.0 Å². The molecular weight excluding hydrogens is 409 g/mol. The van der Waals surface area contributed by atoms with Gasteiger partial charge in [-0.05, 0) is 37.0 Å². The van der Waals surface area contributed by atoms with Gasteiger partial charge in [-0.1, -0.05) is 31.4 Å². The van der Waals surface area contributed by atoms with Gasteiger partial charge in [0, 0.05) is 27.2 Å². The predicted octanol–water partition coefficient (Wildman–Crippen LogP) is 3.57. The van der Waals surface area contributed by atoms with Crippen LogP contribution in [-0.4, -0.2) is 56.7 Å². The number of halogens is 3. The molecule has 1 aromatic rings. The molecule has 1 aromatic carbocycles. The highest BCUT2D eigenvalue weighted by molar-refractivity contribution is 5.86. The monoisotopic (exact) mass is 442 g/mol. The molecule has 2 N–H and O–H groups in total. The minimum atomic E-state index is -4.39. The first-order valence-electron chi connectivity index (χ1n) is 10.8. The number of aliphatic imine (C=N–C) groups is 1. The Bertz CT molecular complexity index is 717. The van der Waals surface area contributed by atoms with Crippen LogP contribution in [0.25, 0.3) is 0 Å². The quantitative estimate of drug-likeness (QED) is 0.349. The summed E-state index contributed by atoms with van der Waals surface area (Å²) in [5.41, 5.74) is -0.263. The fourth-order valence-electron chi connectivity index (χ4n) is 3.27. The molecular formula is C22H33F3N4O2. The summed E-state index contributed by atoms with van der Waals surface area (Å²) in [5, 5.41) is 6.07. The summed E-state index contributed by atoms with van der Waals surface area (Å²) in [7, 11) is 3.30. The van der Waals surface area contributed by atoms with Crippen LogP contribution in [0.15, 0.2) is 29.3 Å². The van der Waals surface area contributed by atoms with Gasteiger partial charge in [-0.3, -0.25) is 4.79 Å². The van der Waals surface area contributed by atoms with Gasteiger partial charge in [-0.15, -0.1) is 0 Å². The third-order valence-electron chi connectivity index (χ3n) is 5.10. The van der Waals surface area contributed by atoms with Crippen molar-refractivity contribution >= 4 is 11.9 Å². The number of hydrogen-bond donors (Lipinski definition) is 2. The van der Waals surface area contributed by atoms with Crippen LogP contribution in [0.4, 0.5) is 13.2 Å². The Morgan fingerprint density at radius 1 is 1.19 bits per heavy atom. The largest absolute Gasteiger partial charge is 0.416 e. The summed E-state index contributed by atoms with van der Waals surface area (Å²) in [6.45, 7) is 1.32. The maximum atomic E-state index is 12.9. The number of benzene rings is 1. The Morgan fingerprint density at radius 2 is 1.94 bits per heavy atom. The van der Waals surface area contributed by atoms with E-state index in [9.17, 15) is 18.0 Å². The highest BCUT2D eigenvalue weighted by atomic mass is 19.4. The molecule has 0 aliphatic heterocycles. The summed E-state index contributed by atoms with van der Waals surface area (Å²) >= 11 is 0. The smallest absolute Gasteiger partial charge is 0.378 e. The number of ether oxygens (including phenoxy) is 1. The van der Waals surface area contributed by atoms with E-state index in [0.29, 0.717) is 30.8 Å². The Morgan fingerprint density at radius 3 is 2.61 bits per heavy atom. The van der Waals surface area contributed by atoms with Crippen molar-refractivity contribution in [2.45, 2.75) is 57.3 Å². The van der Waals surface area contributed by atoms with Gasteiger partial charge in [-0.25, -0.2) is 4.99 Å². The van der Waals surface area contributed by atoms with Crippen LogP contribution in [0.5, 0.6) is 0 Å². The zero-order valence-corrected chi connectivity index (χ0v) is 18.3. The van der Waals surface area contributed by atoms with Crippen LogP contribution in [0.3, 0.4) is 0 Å². The first-order chi connectivity index (χ1) is 14.8. The van der Waals surface area contributed by atoms with Crippen molar-refractivity contribution in [3.8, 4) is 0 Å². The molecule has 1 aliphatic rings. The fraction of sp³-hybridized carbons (Fsp3) is 0.636. The zero-order valence-electron chi connectivity index (χ0n) is 18.3. The van der Waals surface area contributed by atoms with E-state index in [-0.39, 0.29) is 19.0 Å². The number of amides is 1. The van der Waals surface area contributed by atoms with Crippen LogP contribution in [0.1, 0.15) is 49.7 Å². The Hall–Kier alpha value is -2.29. The molecule has 0 aromatic heterocycles. The molecule has 1 fully saturated rings. The zero-order chi connectivity index (χ0) is 22.7. The molecule has 6 nitrogen and oxygen atoms in total. The molecule has 0 atom stereocenters. The Balaban J connectivity index is 1.88. The van der Waals surface area contributed by atoms with Gasteiger partial charge in [0.1, 0.15) is 0 Å². The molecule has 0 bridgehead atoms. The fourth-order valence-corrected chi connectivity index (χ4v) is 3.27. The highest BCUT2D eigenvalue weighted by Crippen LogP contribution is 2.29. The number of rotatable bonds is 9. The van der Waals surface area contributed by atoms with Crippen LogP contribution < -0.4 is 10.6 Å². The van der Waals surface area contributed by atoms with Crippen molar-refractivity contribution < 1.29 is 22.7 Å². The Kier molecular flexibility index (Phi) is 10.1. The van der Waals surface area contributed by atoms with Gasteiger partial charge in [0.25, 0.3) is 0 Å². The molecule has 0 radical (unpaired) electrons. The lowest BCUT2D eigenvalue weighted by molar-refractivity contribution is -0.137. The Labute approximate surface area is 182 Å². The van der Waals surface area contributed by atoms with Crippen LogP contribution in [-0.2, 0) is 22.3 Å². The van der Waals surface area contributed by atoms with Crippen LogP contribution >= 0.6 is 0 Å². The number of nitrogens with one attached hydrogen (secondary N) is 2. The van der Waals surface area contributed by atoms with Crippen LogP contribution in [0, 0.1) is 0 Å². The summed E-state index contributed by atoms with van der Waals surface area (Å²) < 4.78 is 44.6. The molecule has 1 amide bonds. The van der Waals surface area contributed by atoms with Crippen molar-refractivity contribution in [1.82, 2.24) is 15.5 Å². The maximum absolute atomic E-state index is 12.9. The van der Waals surface area contributed by atoms with Gasteiger partial charge in [0.2, 0.25) is 5.91 Å². The van der Waals surface area contributed by atoms with Gasteiger partial charge in [0.05, 0.1) is 24.8 Å². The number of carbonyl (C=O) groups is 1. The van der Waals surface area contributed by atoms with E-state index >= 15 is 0 Å². The number of alkyl halides is 3. The third kappa shape index (κ3) is 9.59. The molecule has 9 heteroatoms. The minimum Gasteiger partial charge on any atom is -0.378 e. The van der Waals surface area contributed by atoms with E-state index in [1.165, 1.54) is 30.2 Å². The number of hydrogen-bond acceptors (Lipinski definition) is 3. The molecule has 0 spiro atoms. The number of guanidine groups is 1. The van der Waals surface area contributed by atoms with Gasteiger partial charge >= 0.3 is 6.18 Å². The van der Waals surface area contributed by atoms with E-state index in [4.69, 9.17) is 4.74 Å². The molecule has 1 aliphatic carbocycles. The van der Waals surface area contributed by atoms with Gasteiger partial charge < -0.3 is 20.3 Å². The summed E-state index contributed by atoms with van der Waals surface area (Å²) in [5.74, 6) is 0.250. The number of likely N-dealkylation sites (N-methyl/N-ethyl adjacent to an activating group) is 1. The van der Waals surface area contributed by atoms with Crippen molar-refractivity contribution in [2.75, 3.05) is 33.8 Å². The second-order valence-corrected chi connectivity index (χ2v) is 7.92. The molecule has 0 saturated heterocycles. The maximum Gasteiger partial charge on any atom is 0.416 e. The number of carbonyl (C=O) groups excluding carboxylic acids is 1. The van der Waals surface area contributed by atoms with E-state index in [1.54, 1.807) is 20.2 Å². The summed E-state index contributed by atoms with van der Waals surface area (Å²) in [6, 6.07) is 5.09. The van der Waals surface area contributed by atoms with Crippen LogP contribution in [0.2, 0.25) is 0 Å². The first kappa shape index (κ1) is 25.0. The number of nitrogens with zero attached hydrogens (tertiary/aromatic N) is 2. The van der Waals surface area contributed by atoms with Gasteiger partial charge in [0.15, 0.2) is 5.96 Å². The summed E-state index contributed by atoms with van der Waals surface area (Å²) in [4.78, 5) is 17.7. The van der Waals surface area contributed by atoms with E-state index in [2.05, 4.69) is 15.6 Å². The van der Waals surface area contributed by atoms with Crippen molar-refractivity contribution in [1.29, 1.82) is 0 Å². The van der Waals surface area contributed by atoms with Crippen molar-refractivity contribution in [3.05, 3.63) is 35.4 Å². The van der Waals surface area contributed by atoms with Crippen molar-refractivity contribution in [2.24, 2.45) is 4.99 Å². The van der Waals surface area contributed by atoms with Crippen molar-refractivity contribution in [3.63, 3.8) is 0 Å². The molecule has 0 unspecified atom stereocenters. The lowest BCUT2D eigenvalue weighted by atomic mass is 9.98. The lowest BCUT2D eigenvalue weighted by Gasteiger charge is -2.22. The molecule has 2 rings (SSSR count). The molecule has 1 saturated carbocycles. The molecule has 174 valence electrons. The second kappa shape index (κ2) is 12.5. The van der Waals surface area contributed by atoms with E-state index in [1.807, 2.05) is 0 Å². The third-order valence-corrected chi connectivity index (χ3v) is 5.10. The SMILES string of the molecule is CN(C)C(=O)CNC(=NCc1cccc(C(F)(F)F)c1)NCCCOC1CCCCC1. The first-order valence-corrected chi connectivity index (χ1v) is 10.8. The molecule has 31 heavy (non-hydrogen) atoms. The highest BCUT2D eigenvalue weighted by Gasteiger charge is 2.30. The van der Waals surface area contributed by atoms with E-state index < -0.39 is 11.7 Å². The minimum absolute atomic E-state index is 0.0417. The van der Waals surface area contributed by atoms with E-state index in [0.717, 1.165) is 31.4 Å². The molecule has 0 heterocycles. The predicted molar refractivity (Wildman–Crippen MR) is 115 cm³/mol. The summed E-state index contributed by atoms with van der Waals surface area (Å²) in [6.07, 6.45) is 2.68. The normalized spacial score (nSPS) is 15.6.